The van der Waals surface area contributed by atoms with Gasteiger partial charge in [-0.05, 0) is 24.8 Å². The highest BCUT2D eigenvalue weighted by molar-refractivity contribution is 5.78. The van der Waals surface area contributed by atoms with Gasteiger partial charge in [0, 0.05) is 19.4 Å². The molecule has 0 aliphatic heterocycles. The summed E-state index contributed by atoms with van der Waals surface area (Å²) in [5, 5.41) is 2.73. The molecule has 0 unspecified atom stereocenters. The molecule has 98 valence electrons. The monoisotopic (exact) mass is 241 g/mol. The Morgan fingerprint density at radius 1 is 1.18 bits per heavy atom. The summed E-state index contributed by atoms with van der Waals surface area (Å²) in [5.41, 5.74) is 10.8. The van der Waals surface area contributed by atoms with E-state index < -0.39 is 5.91 Å². The zero-order chi connectivity index (χ0) is 12.7. The molecule has 0 bridgehead atoms. The van der Waals surface area contributed by atoms with Crippen LogP contribution in [-0.2, 0) is 9.59 Å². The lowest BCUT2D eigenvalue weighted by atomic mass is 9.71. The van der Waals surface area contributed by atoms with Crippen LogP contribution in [-0.4, -0.2) is 24.9 Å². The molecule has 1 rings (SSSR count). The number of primary amides is 1. The Labute approximate surface area is 102 Å². The van der Waals surface area contributed by atoms with Crippen LogP contribution in [0.25, 0.3) is 0 Å². The van der Waals surface area contributed by atoms with Gasteiger partial charge in [0.05, 0.1) is 0 Å². The number of nitrogens with one attached hydrogen (secondary N) is 1. The number of carbonyl (C=O) groups is 2. The molecule has 1 saturated carbocycles. The topological polar surface area (TPSA) is 98.2 Å². The number of rotatable bonds is 6. The molecular weight excluding hydrogens is 218 g/mol. The van der Waals surface area contributed by atoms with Crippen LogP contribution < -0.4 is 16.8 Å². The average molecular weight is 241 g/mol. The Bertz CT molecular complexity index is 273. The fourth-order valence-corrected chi connectivity index (χ4v) is 2.48. The second-order valence-electron chi connectivity index (χ2n) is 5.01. The van der Waals surface area contributed by atoms with Crippen LogP contribution in [0, 0.1) is 5.41 Å². The van der Waals surface area contributed by atoms with Gasteiger partial charge >= 0.3 is 0 Å². The molecule has 17 heavy (non-hydrogen) atoms. The minimum absolute atomic E-state index is 0.0152. The van der Waals surface area contributed by atoms with Gasteiger partial charge in [-0.25, -0.2) is 0 Å². The minimum atomic E-state index is -0.392. The van der Waals surface area contributed by atoms with Crippen LogP contribution in [0.2, 0.25) is 0 Å². The summed E-state index contributed by atoms with van der Waals surface area (Å²) in [6, 6.07) is 0. The molecule has 5 heteroatoms. The van der Waals surface area contributed by atoms with Crippen molar-refractivity contribution in [3.8, 4) is 0 Å². The summed E-state index contributed by atoms with van der Waals surface area (Å²) in [6.07, 6.45) is 6.30. The quantitative estimate of drug-likeness (QED) is 0.622. The highest BCUT2D eigenvalue weighted by Gasteiger charge is 2.32. The highest BCUT2D eigenvalue weighted by Crippen LogP contribution is 2.38. The molecule has 0 aromatic heterocycles. The molecule has 0 aromatic carbocycles. The molecule has 2 amide bonds. The van der Waals surface area contributed by atoms with E-state index in [0.717, 1.165) is 25.7 Å². The molecule has 1 aliphatic rings. The third kappa shape index (κ3) is 4.73. The van der Waals surface area contributed by atoms with E-state index in [0.29, 0.717) is 19.5 Å². The van der Waals surface area contributed by atoms with Crippen LogP contribution in [0.15, 0.2) is 0 Å². The lowest BCUT2D eigenvalue weighted by Crippen LogP contribution is -2.39. The lowest BCUT2D eigenvalue weighted by Gasteiger charge is -2.35. The fraction of sp³-hybridized carbons (Fsp3) is 0.833. The molecule has 0 radical (unpaired) electrons. The van der Waals surface area contributed by atoms with E-state index in [1.807, 2.05) is 0 Å². The van der Waals surface area contributed by atoms with Gasteiger partial charge in [-0.1, -0.05) is 19.3 Å². The molecule has 0 saturated heterocycles. The van der Waals surface area contributed by atoms with Crippen LogP contribution in [0.3, 0.4) is 0 Å². The first-order valence-corrected chi connectivity index (χ1v) is 6.33. The van der Waals surface area contributed by atoms with Crippen molar-refractivity contribution in [1.82, 2.24) is 5.32 Å². The minimum Gasteiger partial charge on any atom is -0.370 e. The Balaban J connectivity index is 2.34. The van der Waals surface area contributed by atoms with Crippen molar-refractivity contribution < 1.29 is 9.59 Å². The fourth-order valence-electron chi connectivity index (χ4n) is 2.48. The Morgan fingerprint density at radius 2 is 1.82 bits per heavy atom. The molecule has 0 spiro atoms. The summed E-state index contributed by atoms with van der Waals surface area (Å²) in [7, 11) is 0. The van der Waals surface area contributed by atoms with Crippen LogP contribution >= 0.6 is 0 Å². The third-order valence-corrected chi connectivity index (χ3v) is 3.58. The van der Waals surface area contributed by atoms with Crippen molar-refractivity contribution >= 4 is 11.8 Å². The molecule has 1 aliphatic carbocycles. The van der Waals surface area contributed by atoms with Crippen molar-refractivity contribution in [1.29, 1.82) is 0 Å². The number of hydrogen-bond acceptors (Lipinski definition) is 3. The third-order valence-electron chi connectivity index (χ3n) is 3.58. The van der Waals surface area contributed by atoms with Gasteiger partial charge < -0.3 is 16.8 Å². The predicted octanol–water partition coefficient (Wildman–Crippen LogP) is 0.277. The molecule has 0 atom stereocenters. The largest absolute Gasteiger partial charge is 0.370 e. The first-order chi connectivity index (χ1) is 8.08. The van der Waals surface area contributed by atoms with Gasteiger partial charge in [0.2, 0.25) is 11.8 Å². The Kier molecular flexibility index (Phi) is 5.41. The number of amides is 2. The summed E-state index contributed by atoms with van der Waals surface area (Å²) >= 11 is 0. The molecule has 1 fully saturated rings. The van der Waals surface area contributed by atoms with Gasteiger partial charge in [-0.2, -0.15) is 0 Å². The zero-order valence-electron chi connectivity index (χ0n) is 10.3. The second kappa shape index (κ2) is 6.59. The summed E-state index contributed by atoms with van der Waals surface area (Å²) < 4.78 is 0. The lowest BCUT2D eigenvalue weighted by molar-refractivity contribution is -0.124. The number of hydrogen-bond donors (Lipinski definition) is 3. The van der Waals surface area contributed by atoms with Gasteiger partial charge in [0.15, 0.2) is 0 Å². The SMILES string of the molecule is NCC1(CC(=O)NCCC(N)=O)CCCCC1. The number of carbonyl (C=O) groups excluding carboxylic acids is 2. The Hall–Kier alpha value is -1.10. The summed E-state index contributed by atoms with van der Waals surface area (Å²) in [4.78, 5) is 22.3. The normalized spacial score (nSPS) is 18.6. The Morgan fingerprint density at radius 3 is 2.35 bits per heavy atom. The first-order valence-electron chi connectivity index (χ1n) is 6.33. The van der Waals surface area contributed by atoms with Crippen LogP contribution in [0.5, 0.6) is 0 Å². The van der Waals surface area contributed by atoms with E-state index in [9.17, 15) is 9.59 Å². The van der Waals surface area contributed by atoms with Gasteiger partial charge in [0.25, 0.3) is 0 Å². The highest BCUT2D eigenvalue weighted by atomic mass is 16.2. The van der Waals surface area contributed by atoms with E-state index in [-0.39, 0.29) is 17.7 Å². The standard InChI is InChI=1S/C12H23N3O2/c13-9-12(5-2-1-3-6-12)8-11(17)15-7-4-10(14)16/h1-9,13H2,(H2,14,16)(H,15,17). The van der Waals surface area contributed by atoms with E-state index in [4.69, 9.17) is 11.5 Å². The van der Waals surface area contributed by atoms with Gasteiger partial charge in [-0.15, -0.1) is 0 Å². The summed E-state index contributed by atoms with van der Waals surface area (Å²) in [6.45, 7) is 0.894. The van der Waals surface area contributed by atoms with Gasteiger partial charge in [0.1, 0.15) is 0 Å². The maximum absolute atomic E-state index is 11.7. The smallest absolute Gasteiger partial charge is 0.220 e. The first kappa shape index (κ1) is 14.0. The van der Waals surface area contributed by atoms with Crippen LogP contribution in [0.4, 0.5) is 0 Å². The maximum Gasteiger partial charge on any atom is 0.220 e. The molecule has 0 heterocycles. The molecule has 0 aromatic rings. The van der Waals surface area contributed by atoms with Crippen molar-refractivity contribution in [2.45, 2.75) is 44.9 Å². The van der Waals surface area contributed by atoms with E-state index in [1.165, 1.54) is 6.42 Å². The maximum atomic E-state index is 11.7. The average Bonchev–Trinajstić information content (AvgIpc) is 2.29. The zero-order valence-corrected chi connectivity index (χ0v) is 10.3. The predicted molar refractivity (Wildman–Crippen MR) is 66.0 cm³/mol. The van der Waals surface area contributed by atoms with E-state index >= 15 is 0 Å². The molecular formula is C12H23N3O2. The van der Waals surface area contributed by atoms with Crippen molar-refractivity contribution in [3.05, 3.63) is 0 Å². The van der Waals surface area contributed by atoms with E-state index in [1.54, 1.807) is 0 Å². The van der Waals surface area contributed by atoms with Crippen molar-refractivity contribution in [3.63, 3.8) is 0 Å². The van der Waals surface area contributed by atoms with Crippen molar-refractivity contribution in [2.75, 3.05) is 13.1 Å². The molecule has 5 N–H and O–H groups in total. The molecule has 5 nitrogen and oxygen atoms in total. The van der Waals surface area contributed by atoms with Gasteiger partial charge in [-0.3, -0.25) is 9.59 Å². The van der Waals surface area contributed by atoms with E-state index in [2.05, 4.69) is 5.32 Å². The number of nitrogens with two attached hydrogens (primary N) is 2. The van der Waals surface area contributed by atoms with Crippen LogP contribution in [0.1, 0.15) is 44.9 Å². The van der Waals surface area contributed by atoms with Crippen molar-refractivity contribution in [2.24, 2.45) is 16.9 Å². The second-order valence-corrected chi connectivity index (χ2v) is 5.01. The summed E-state index contributed by atoms with van der Waals surface area (Å²) in [5.74, 6) is -0.407.